The van der Waals surface area contributed by atoms with E-state index in [4.69, 9.17) is 4.74 Å². The molecule has 0 aliphatic rings. The van der Waals surface area contributed by atoms with Gasteiger partial charge in [0.2, 0.25) is 0 Å². The molecule has 0 heterocycles. The van der Waals surface area contributed by atoms with Gasteiger partial charge in [0.15, 0.2) is 0 Å². The van der Waals surface area contributed by atoms with Crippen molar-refractivity contribution in [2.75, 3.05) is 0 Å². The highest BCUT2D eigenvalue weighted by atomic mass is 127. The number of hydrogen-bond acceptors (Lipinski definition) is 2. The molecule has 0 saturated carbocycles. The van der Waals surface area contributed by atoms with Gasteiger partial charge in [-0.15, -0.1) is 0 Å². The first kappa shape index (κ1) is 14.8. The fourth-order valence-electron chi connectivity index (χ4n) is 1.46. The molecule has 0 unspecified atom stereocenters. The van der Waals surface area contributed by atoms with Crippen molar-refractivity contribution in [1.29, 1.82) is 0 Å². The summed E-state index contributed by atoms with van der Waals surface area (Å²) in [4.78, 5) is 11.8. The Morgan fingerprint density at radius 2 is 1.50 bits per heavy atom. The monoisotopic (exact) mass is 392 g/mol. The summed E-state index contributed by atoms with van der Waals surface area (Å²) < 4.78 is 43.1. The molecule has 0 atom stereocenters. The lowest BCUT2D eigenvalue weighted by atomic mass is 10.2. The van der Waals surface area contributed by atoms with Crippen LogP contribution in [0.1, 0.15) is 15.9 Å². The van der Waals surface area contributed by atoms with Crippen molar-refractivity contribution >= 4 is 28.6 Å². The largest absolute Gasteiger partial charge is 0.423 e. The predicted molar refractivity (Wildman–Crippen MR) is 75.6 cm³/mol. The van der Waals surface area contributed by atoms with Crippen LogP contribution in [0.15, 0.2) is 48.5 Å². The van der Waals surface area contributed by atoms with Gasteiger partial charge in [-0.3, -0.25) is 0 Å². The Hall–Kier alpha value is -1.57. The van der Waals surface area contributed by atoms with Crippen LogP contribution in [0.4, 0.5) is 13.2 Å². The molecule has 6 heteroatoms. The van der Waals surface area contributed by atoms with Crippen molar-refractivity contribution in [2.24, 2.45) is 0 Å². The van der Waals surface area contributed by atoms with Crippen LogP contribution in [0.2, 0.25) is 0 Å². The lowest BCUT2D eigenvalue weighted by Gasteiger charge is -2.08. The topological polar surface area (TPSA) is 26.3 Å². The molecule has 20 heavy (non-hydrogen) atoms. The lowest BCUT2D eigenvalue weighted by Crippen LogP contribution is -2.09. The molecular weight excluding hydrogens is 384 g/mol. The summed E-state index contributed by atoms with van der Waals surface area (Å²) >= 11 is 2.10. The summed E-state index contributed by atoms with van der Waals surface area (Å²) in [6.07, 6.45) is -4.40. The number of hydrogen-bond donors (Lipinski definition) is 0. The Bertz CT molecular complexity index is 604. The Kier molecular flexibility index (Phi) is 4.32. The first-order valence-corrected chi connectivity index (χ1v) is 6.59. The summed E-state index contributed by atoms with van der Waals surface area (Å²) in [5, 5.41) is 0. The molecule has 2 rings (SSSR count). The molecule has 0 aliphatic carbocycles. The van der Waals surface area contributed by atoms with E-state index in [2.05, 4.69) is 22.6 Å². The Morgan fingerprint density at radius 3 is 2.00 bits per heavy atom. The zero-order chi connectivity index (χ0) is 14.8. The third-order valence-corrected chi connectivity index (χ3v) is 3.19. The van der Waals surface area contributed by atoms with Gasteiger partial charge in [0, 0.05) is 3.57 Å². The van der Waals surface area contributed by atoms with E-state index in [0.717, 1.165) is 27.8 Å². The maximum atomic E-state index is 12.4. The van der Waals surface area contributed by atoms with Gasteiger partial charge in [0.1, 0.15) is 5.75 Å². The molecule has 0 N–H and O–H groups in total. The molecule has 0 aromatic heterocycles. The van der Waals surface area contributed by atoms with Crippen LogP contribution in [-0.2, 0) is 6.18 Å². The van der Waals surface area contributed by atoms with Gasteiger partial charge in [-0.05, 0) is 71.1 Å². The highest BCUT2D eigenvalue weighted by Gasteiger charge is 2.30. The minimum absolute atomic E-state index is 0.0709. The smallest absolute Gasteiger partial charge is 0.416 e. The number of halogens is 4. The minimum atomic E-state index is -4.40. The minimum Gasteiger partial charge on any atom is -0.423 e. The SMILES string of the molecule is O=C(Oc1ccc(C(F)(F)F)cc1)c1ccc(I)cc1. The zero-order valence-corrected chi connectivity index (χ0v) is 12.1. The fraction of sp³-hybridized carbons (Fsp3) is 0.0714. The average Bonchev–Trinajstić information content (AvgIpc) is 2.39. The average molecular weight is 392 g/mol. The van der Waals surface area contributed by atoms with Crippen molar-refractivity contribution in [3.8, 4) is 5.75 Å². The van der Waals surface area contributed by atoms with E-state index in [1.54, 1.807) is 24.3 Å². The molecule has 2 aromatic carbocycles. The van der Waals surface area contributed by atoms with Gasteiger partial charge in [-0.2, -0.15) is 13.2 Å². The Balaban J connectivity index is 2.10. The fourth-order valence-corrected chi connectivity index (χ4v) is 1.82. The van der Waals surface area contributed by atoms with Gasteiger partial charge in [0.05, 0.1) is 11.1 Å². The van der Waals surface area contributed by atoms with E-state index in [-0.39, 0.29) is 5.75 Å². The van der Waals surface area contributed by atoms with Crippen molar-refractivity contribution in [3.63, 3.8) is 0 Å². The molecule has 104 valence electrons. The van der Waals surface area contributed by atoms with E-state index >= 15 is 0 Å². The van der Waals surface area contributed by atoms with Crippen molar-refractivity contribution in [1.82, 2.24) is 0 Å². The van der Waals surface area contributed by atoms with E-state index in [9.17, 15) is 18.0 Å². The molecule has 0 saturated heterocycles. The van der Waals surface area contributed by atoms with Crippen LogP contribution < -0.4 is 4.74 Å². The van der Waals surface area contributed by atoms with E-state index in [1.807, 2.05) is 0 Å². The van der Waals surface area contributed by atoms with Crippen LogP contribution in [0, 0.1) is 3.57 Å². The first-order chi connectivity index (χ1) is 9.36. The van der Waals surface area contributed by atoms with Crippen LogP contribution >= 0.6 is 22.6 Å². The third kappa shape index (κ3) is 3.72. The van der Waals surface area contributed by atoms with Gasteiger partial charge in [0.25, 0.3) is 0 Å². The Labute approximate surface area is 126 Å². The molecule has 0 spiro atoms. The van der Waals surface area contributed by atoms with Crippen molar-refractivity contribution < 1.29 is 22.7 Å². The second-order valence-electron chi connectivity index (χ2n) is 3.92. The number of rotatable bonds is 2. The first-order valence-electron chi connectivity index (χ1n) is 5.51. The molecule has 2 nitrogen and oxygen atoms in total. The van der Waals surface area contributed by atoms with Gasteiger partial charge >= 0.3 is 12.1 Å². The molecule has 0 amide bonds. The van der Waals surface area contributed by atoms with Crippen LogP contribution in [0.25, 0.3) is 0 Å². The quantitative estimate of drug-likeness (QED) is 0.427. The number of carbonyl (C=O) groups is 1. The van der Waals surface area contributed by atoms with Gasteiger partial charge < -0.3 is 4.74 Å². The normalized spacial score (nSPS) is 11.2. The van der Waals surface area contributed by atoms with Gasteiger partial charge in [-0.25, -0.2) is 4.79 Å². The number of ether oxygens (including phenoxy) is 1. The van der Waals surface area contributed by atoms with E-state index in [1.165, 1.54) is 0 Å². The molecule has 0 aliphatic heterocycles. The zero-order valence-electron chi connectivity index (χ0n) is 9.95. The van der Waals surface area contributed by atoms with E-state index in [0.29, 0.717) is 5.56 Å². The maximum absolute atomic E-state index is 12.4. The second-order valence-corrected chi connectivity index (χ2v) is 5.16. The van der Waals surface area contributed by atoms with E-state index < -0.39 is 17.7 Å². The summed E-state index contributed by atoms with van der Waals surface area (Å²) in [7, 11) is 0. The number of alkyl halides is 3. The molecular formula is C14H8F3IO2. The summed E-state index contributed by atoms with van der Waals surface area (Å²) in [5.41, 5.74) is -0.447. The molecule has 0 radical (unpaired) electrons. The van der Waals surface area contributed by atoms with Crippen LogP contribution in [0.5, 0.6) is 5.75 Å². The predicted octanol–water partition coefficient (Wildman–Crippen LogP) is 4.53. The summed E-state index contributed by atoms with van der Waals surface area (Å²) in [6, 6.07) is 10.6. The highest BCUT2D eigenvalue weighted by Crippen LogP contribution is 2.30. The Morgan fingerprint density at radius 1 is 0.950 bits per heavy atom. The second kappa shape index (κ2) is 5.82. The number of benzene rings is 2. The summed E-state index contributed by atoms with van der Waals surface area (Å²) in [6.45, 7) is 0. The van der Waals surface area contributed by atoms with Crippen LogP contribution in [0.3, 0.4) is 0 Å². The van der Waals surface area contributed by atoms with Crippen molar-refractivity contribution in [2.45, 2.75) is 6.18 Å². The van der Waals surface area contributed by atoms with Crippen molar-refractivity contribution in [3.05, 3.63) is 63.2 Å². The van der Waals surface area contributed by atoms with Crippen LogP contribution in [-0.4, -0.2) is 5.97 Å². The van der Waals surface area contributed by atoms with Gasteiger partial charge in [-0.1, -0.05) is 0 Å². The number of esters is 1. The lowest BCUT2D eigenvalue weighted by molar-refractivity contribution is -0.137. The standard InChI is InChI=1S/C14H8F3IO2/c15-14(16,17)10-3-7-12(8-4-10)20-13(19)9-1-5-11(18)6-2-9/h1-8H. The summed E-state index contributed by atoms with van der Waals surface area (Å²) in [5.74, 6) is -0.539. The molecule has 2 aromatic rings. The molecule has 0 fully saturated rings. The molecule has 0 bridgehead atoms. The third-order valence-electron chi connectivity index (χ3n) is 2.47. The maximum Gasteiger partial charge on any atom is 0.416 e. The number of carbonyl (C=O) groups excluding carboxylic acids is 1. The highest BCUT2D eigenvalue weighted by molar-refractivity contribution is 14.1.